The molecule has 0 saturated carbocycles. The summed E-state index contributed by atoms with van der Waals surface area (Å²) < 4.78 is 1.26. The molecule has 1 rings (SSSR count). The zero-order chi connectivity index (χ0) is 9.84. The largest absolute Gasteiger partial charge is 0.370 e. The standard InChI is InChI=1S/C8H9I2N3/c9-6-3-1-5(2-4-6)7(10)13-8(11)12/h1-4,7H,(H4,11,12,13). The number of nitrogens with one attached hydrogen (secondary N) is 2. The van der Waals surface area contributed by atoms with Gasteiger partial charge in [0.1, 0.15) is 4.05 Å². The summed E-state index contributed by atoms with van der Waals surface area (Å²) in [6.45, 7) is 0. The lowest BCUT2D eigenvalue weighted by Gasteiger charge is -2.11. The van der Waals surface area contributed by atoms with Crippen molar-refractivity contribution in [1.29, 1.82) is 5.41 Å². The molecule has 0 aliphatic carbocycles. The Hall–Kier alpha value is -0.0500. The SMILES string of the molecule is N=C(N)NC(I)c1ccc(I)cc1. The van der Waals surface area contributed by atoms with E-state index in [0.717, 1.165) is 5.56 Å². The zero-order valence-electron chi connectivity index (χ0n) is 6.72. The van der Waals surface area contributed by atoms with Gasteiger partial charge in [0.25, 0.3) is 0 Å². The highest BCUT2D eigenvalue weighted by Gasteiger charge is 2.05. The lowest BCUT2D eigenvalue weighted by Crippen LogP contribution is -2.31. The molecule has 0 fully saturated rings. The Kier molecular flexibility index (Phi) is 4.23. The van der Waals surface area contributed by atoms with Gasteiger partial charge in [-0.3, -0.25) is 5.41 Å². The molecule has 4 N–H and O–H groups in total. The molecule has 0 saturated heterocycles. The fraction of sp³-hybridized carbons (Fsp3) is 0.125. The Balaban J connectivity index is 2.71. The van der Waals surface area contributed by atoms with E-state index in [0.29, 0.717) is 0 Å². The number of hydrogen-bond acceptors (Lipinski definition) is 1. The fourth-order valence-corrected chi connectivity index (χ4v) is 1.96. The second-order valence-corrected chi connectivity index (χ2v) is 4.96. The topological polar surface area (TPSA) is 61.9 Å². The normalized spacial score (nSPS) is 12.2. The predicted molar refractivity (Wildman–Crippen MR) is 71.0 cm³/mol. The summed E-state index contributed by atoms with van der Waals surface area (Å²) >= 11 is 4.46. The van der Waals surface area contributed by atoms with Crippen LogP contribution in [-0.4, -0.2) is 5.96 Å². The van der Waals surface area contributed by atoms with Crippen LogP contribution in [0.4, 0.5) is 0 Å². The molecule has 1 atom stereocenters. The molecule has 0 aromatic heterocycles. The molecule has 3 nitrogen and oxygen atoms in total. The van der Waals surface area contributed by atoms with Crippen molar-refractivity contribution in [2.24, 2.45) is 5.73 Å². The van der Waals surface area contributed by atoms with Crippen LogP contribution in [0.3, 0.4) is 0 Å². The molecular formula is C8H9I2N3. The molecule has 0 radical (unpaired) electrons. The molecule has 70 valence electrons. The van der Waals surface area contributed by atoms with E-state index >= 15 is 0 Å². The zero-order valence-corrected chi connectivity index (χ0v) is 11.0. The first-order chi connectivity index (χ1) is 6.09. The number of alkyl halides is 1. The van der Waals surface area contributed by atoms with E-state index in [9.17, 15) is 0 Å². The third-order valence-electron chi connectivity index (χ3n) is 1.44. The van der Waals surface area contributed by atoms with Gasteiger partial charge in [-0.25, -0.2) is 0 Å². The molecule has 0 amide bonds. The van der Waals surface area contributed by atoms with E-state index in [-0.39, 0.29) is 10.0 Å². The van der Waals surface area contributed by atoms with Gasteiger partial charge in [0, 0.05) is 3.57 Å². The smallest absolute Gasteiger partial charge is 0.186 e. The van der Waals surface area contributed by atoms with Gasteiger partial charge in [-0.2, -0.15) is 0 Å². The Bertz CT molecular complexity index is 297. The van der Waals surface area contributed by atoms with Crippen LogP contribution in [0.15, 0.2) is 24.3 Å². The van der Waals surface area contributed by atoms with Crippen LogP contribution >= 0.6 is 45.2 Å². The van der Waals surface area contributed by atoms with Crippen LogP contribution in [0.5, 0.6) is 0 Å². The number of halogens is 2. The van der Waals surface area contributed by atoms with Crippen LogP contribution in [0.2, 0.25) is 0 Å². The van der Waals surface area contributed by atoms with Crippen LogP contribution in [0, 0.1) is 8.98 Å². The molecule has 0 aliphatic rings. The number of hydrogen-bond donors (Lipinski definition) is 3. The quantitative estimate of drug-likeness (QED) is 0.234. The van der Waals surface area contributed by atoms with E-state index in [1.165, 1.54) is 3.57 Å². The van der Waals surface area contributed by atoms with Gasteiger partial charge in [-0.05, 0) is 40.3 Å². The highest BCUT2D eigenvalue weighted by atomic mass is 127. The van der Waals surface area contributed by atoms with Gasteiger partial charge < -0.3 is 11.1 Å². The number of rotatable bonds is 2. The lowest BCUT2D eigenvalue weighted by atomic mass is 10.2. The van der Waals surface area contributed by atoms with Crippen molar-refractivity contribution in [3.63, 3.8) is 0 Å². The summed E-state index contributed by atoms with van der Waals surface area (Å²) in [5.41, 5.74) is 6.35. The highest BCUT2D eigenvalue weighted by molar-refractivity contribution is 14.1. The summed E-state index contributed by atoms with van der Waals surface area (Å²) in [4.78, 5) is 0. The molecule has 1 aromatic carbocycles. The molecule has 1 unspecified atom stereocenters. The van der Waals surface area contributed by atoms with Gasteiger partial charge in [0.15, 0.2) is 5.96 Å². The molecule has 5 heteroatoms. The van der Waals surface area contributed by atoms with Crippen LogP contribution in [0.25, 0.3) is 0 Å². The number of benzene rings is 1. The Morgan fingerprint density at radius 2 is 1.92 bits per heavy atom. The average Bonchev–Trinajstić information content (AvgIpc) is 2.04. The third kappa shape index (κ3) is 3.67. The van der Waals surface area contributed by atoms with Crippen LogP contribution < -0.4 is 11.1 Å². The predicted octanol–water partition coefficient (Wildman–Crippen LogP) is 2.21. The maximum absolute atomic E-state index is 7.08. The van der Waals surface area contributed by atoms with Gasteiger partial charge >= 0.3 is 0 Å². The summed E-state index contributed by atoms with van der Waals surface area (Å²) in [5, 5.41) is 9.90. The van der Waals surface area contributed by atoms with E-state index < -0.39 is 0 Å². The summed E-state index contributed by atoms with van der Waals surface area (Å²) in [5.74, 6) is -0.00190. The minimum absolute atomic E-state index is 0.00190. The maximum atomic E-state index is 7.08. The van der Waals surface area contributed by atoms with Crippen molar-refractivity contribution in [3.05, 3.63) is 33.4 Å². The molecule has 1 aromatic rings. The van der Waals surface area contributed by atoms with Crippen LogP contribution in [-0.2, 0) is 0 Å². The van der Waals surface area contributed by atoms with Gasteiger partial charge in [-0.1, -0.05) is 34.7 Å². The lowest BCUT2D eigenvalue weighted by molar-refractivity contribution is 0.902. The molecular weight excluding hydrogens is 392 g/mol. The summed E-state index contributed by atoms with van der Waals surface area (Å²) in [6, 6.07) is 8.11. The van der Waals surface area contributed by atoms with Gasteiger partial charge in [0.05, 0.1) is 0 Å². The van der Waals surface area contributed by atoms with E-state index in [2.05, 4.69) is 50.5 Å². The summed E-state index contributed by atoms with van der Waals surface area (Å²) in [6.07, 6.45) is 0. The second kappa shape index (κ2) is 4.99. The first-order valence-corrected chi connectivity index (χ1v) is 5.92. The molecule has 0 spiro atoms. The van der Waals surface area contributed by atoms with Crippen molar-refractivity contribution in [2.45, 2.75) is 4.05 Å². The van der Waals surface area contributed by atoms with E-state index in [1.807, 2.05) is 24.3 Å². The average molecular weight is 401 g/mol. The van der Waals surface area contributed by atoms with E-state index in [1.54, 1.807) is 0 Å². The fourth-order valence-electron chi connectivity index (χ4n) is 0.852. The minimum atomic E-state index is -0.00190. The number of nitrogens with two attached hydrogens (primary N) is 1. The van der Waals surface area contributed by atoms with Gasteiger partial charge in [-0.15, -0.1) is 0 Å². The van der Waals surface area contributed by atoms with Crippen molar-refractivity contribution in [1.82, 2.24) is 5.32 Å². The second-order valence-electron chi connectivity index (χ2n) is 2.47. The molecule has 0 heterocycles. The Labute approximate surface area is 104 Å². The first-order valence-electron chi connectivity index (χ1n) is 3.59. The maximum Gasteiger partial charge on any atom is 0.186 e. The molecule has 0 aliphatic heterocycles. The van der Waals surface area contributed by atoms with Gasteiger partial charge in [0.2, 0.25) is 0 Å². The van der Waals surface area contributed by atoms with Crippen LogP contribution in [0.1, 0.15) is 9.61 Å². The van der Waals surface area contributed by atoms with Crippen molar-refractivity contribution in [3.8, 4) is 0 Å². The highest BCUT2D eigenvalue weighted by Crippen LogP contribution is 2.20. The number of guanidine groups is 1. The van der Waals surface area contributed by atoms with Crippen molar-refractivity contribution >= 4 is 51.1 Å². The van der Waals surface area contributed by atoms with Crippen molar-refractivity contribution < 1.29 is 0 Å². The third-order valence-corrected chi connectivity index (χ3v) is 3.19. The molecule has 13 heavy (non-hydrogen) atoms. The first kappa shape index (κ1) is 11.0. The Morgan fingerprint density at radius 1 is 1.38 bits per heavy atom. The van der Waals surface area contributed by atoms with E-state index in [4.69, 9.17) is 11.1 Å². The monoisotopic (exact) mass is 401 g/mol. The Morgan fingerprint density at radius 3 is 2.38 bits per heavy atom. The summed E-state index contributed by atoms with van der Waals surface area (Å²) in [7, 11) is 0. The molecule has 0 bridgehead atoms. The van der Waals surface area contributed by atoms with Crippen molar-refractivity contribution in [2.75, 3.05) is 0 Å². The minimum Gasteiger partial charge on any atom is -0.370 e.